The van der Waals surface area contributed by atoms with Crippen LogP contribution in [0.1, 0.15) is 47.0 Å². The summed E-state index contributed by atoms with van der Waals surface area (Å²) in [6.07, 6.45) is 15.3. The van der Waals surface area contributed by atoms with Gasteiger partial charge in [-0.1, -0.05) is 26.0 Å². The number of allylic oxidation sites excluding steroid dienone is 5. The summed E-state index contributed by atoms with van der Waals surface area (Å²) in [5.41, 5.74) is 0.926. The molecule has 2 atom stereocenters. The zero-order valence-electron chi connectivity index (χ0n) is 17.2. The minimum absolute atomic E-state index is 0.0313. The smallest absolute Gasteiger partial charge is 0.343 e. The average Bonchev–Trinajstić information content (AvgIpc) is 3.11. The fourth-order valence-corrected chi connectivity index (χ4v) is 4.33. The fraction of sp³-hybridized carbons (Fsp3) is 0.478. The Kier molecular flexibility index (Phi) is 5.24. The van der Waals surface area contributed by atoms with Crippen LogP contribution in [0.4, 0.5) is 0 Å². The number of epoxide rings is 1. The van der Waals surface area contributed by atoms with Gasteiger partial charge < -0.3 is 14.2 Å². The summed E-state index contributed by atoms with van der Waals surface area (Å²) in [7, 11) is 1.33. The molecule has 0 N–H and O–H groups in total. The van der Waals surface area contributed by atoms with Crippen LogP contribution in [0.5, 0.6) is 0 Å². The van der Waals surface area contributed by atoms with Gasteiger partial charge in [-0.3, -0.25) is 0 Å². The van der Waals surface area contributed by atoms with Crippen molar-refractivity contribution < 1.29 is 23.8 Å². The van der Waals surface area contributed by atoms with Crippen LogP contribution in [0.15, 0.2) is 59.4 Å². The van der Waals surface area contributed by atoms with E-state index in [2.05, 4.69) is 25.5 Å². The van der Waals surface area contributed by atoms with Crippen molar-refractivity contribution >= 4 is 11.9 Å². The van der Waals surface area contributed by atoms with Gasteiger partial charge in [0.2, 0.25) is 0 Å². The van der Waals surface area contributed by atoms with E-state index in [1.165, 1.54) is 13.2 Å². The molecule has 0 bridgehead atoms. The number of methoxy groups -OCH3 is 1. The highest BCUT2D eigenvalue weighted by Gasteiger charge is 2.73. The number of esters is 2. The number of cyclic esters (lactones) is 1. The quantitative estimate of drug-likeness (QED) is 0.306. The number of carbonyl (C=O) groups is 2. The number of carbonyl (C=O) groups excluding carboxylic acids is 2. The molecule has 5 heteroatoms. The van der Waals surface area contributed by atoms with Gasteiger partial charge in [-0.15, -0.1) is 0 Å². The van der Waals surface area contributed by atoms with Crippen LogP contribution in [-0.2, 0) is 23.8 Å². The second-order valence-electron chi connectivity index (χ2n) is 8.47. The molecule has 0 spiro atoms. The van der Waals surface area contributed by atoms with E-state index < -0.39 is 5.97 Å². The zero-order valence-corrected chi connectivity index (χ0v) is 17.2. The molecule has 2 heterocycles. The monoisotopic (exact) mass is 384 g/mol. The van der Waals surface area contributed by atoms with Crippen molar-refractivity contribution in [3.63, 3.8) is 0 Å². The normalized spacial score (nSPS) is 33.2. The molecule has 28 heavy (non-hydrogen) atoms. The van der Waals surface area contributed by atoms with Crippen molar-refractivity contribution in [1.82, 2.24) is 0 Å². The van der Waals surface area contributed by atoms with Crippen molar-refractivity contribution in [2.45, 2.75) is 58.2 Å². The fourth-order valence-electron chi connectivity index (χ4n) is 4.33. The molecule has 3 rings (SSSR count). The van der Waals surface area contributed by atoms with E-state index in [0.29, 0.717) is 11.3 Å². The number of fused-ring (bicyclic) bond motifs is 1. The van der Waals surface area contributed by atoms with Gasteiger partial charge in [-0.05, 0) is 63.0 Å². The van der Waals surface area contributed by atoms with Gasteiger partial charge in [-0.2, -0.15) is 0 Å². The molecule has 0 aromatic rings. The maximum absolute atomic E-state index is 12.2. The van der Waals surface area contributed by atoms with E-state index in [0.717, 1.165) is 24.8 Å². The molecule has 1 saturated heterocycles. The molecule has 3 aliphatic rings. The molecule has 2 aliphatic heterocycles. The largest absolute Gasteiger partial charge is 0.466 e. The van der Waals surface area contributed by atoms with Crippen LogP contribution in [0.25, 0.3) is 0 Å². The van der Waals surface area contributed by atoms with E-state index in [1.807, 2.05) is 19.1 Å². The molecular formula is C23H28O5. The molecule has 0 amide bonds. The average molecular weight is 384 g/mol. The zero-order chi connectivity index (χ0) is 20.6. The maximum Gasteiger partial charge on any atom is 0.343 e. The Morgan fingerprint density at radius 2 is 2.00 bits per heavy atom. The third kappa shape index (κ3) is 3.63. The SMILES string of the molecule is COC(=O)/C=C/C=C(C)/C=C1C=C(/C=C/[C@@]23O[C@]2(C)CCCC3(C)C)C(=O)O/1. The van der Waals surface area contributed by atoms with Crippen LogP contribution in [0.3, 0.4) is 0 Å². The molecule has 1 aliphatic carbocycles. The van der Waals surface area contributed by atoms with Crippen molar-refractivity contribution in [3.05, 3.63) is 59.4 Å². The van der Waals surface area contributed by atoms with Crippen LogP contribution >= 0.6 is 0 Å². The highest BCUT2D eigenvalue weighted by molar-refractivity contribution is 5.95. The Morgan fingerprint density at radius 3 is 2.68 bits per heavy atom. The molecular weight excluding hydrogens is 356 g/mol. The van der Waals surface area contributed by atoms with E-state index in [9.17, 15) is 9.59 Å². The first-order chi connectivity index (χ1) is 13.1. The van der Waals surface area contributed by atoms with Crippen molar-refractivity contribution in [1.29, 1.82) is 0 Å². The molecule has 5 nitrogen and oxygen atoms in total. The molecule has 1 saturated carbocycles. The van der Waals surface area contributed by atoms with Gasteiger partial charge in [0.25, 0.3) is 0 Å². The summed E-state index contributed by atoms with van der Waals surface area (Å²) in [6.45, 7) is 8.47. The lowest BCUT2D eigenvalue weighted by Gasteiger charge is -2.36. The van der Waals surface area contributed by atoms with E-state index >= 15 is 0 Å². The highest BCUT2D eigenvalue weighted by atomic mass is 16.6. The van der Waals surface area contributed by atoms with Crippen molar-refractivity contribution in [2.75, 3.05) is 7.11 Å². The van der Waals surface area contributed by atoms with E-state index in [-0.39, 0.29) is 22.6 Å². The van der Waals surface area contributed by atoms with Crippen molar-refractivity contribution in [2.24, 2.45) is 5.41 Å². The second kappa shape index (κ2) is 7.21. The van der Waals surface area contributed by atoms with Gasteiger partial charge in [0, 0.05) is 11.5 Å². The minimum Gasteiger partial charge on any atom is -0.466 e. The summed E-state index contributed by atoms with van der Waals surface area (Å²) in [4.78, 5) is 23.3. The first-order valence-electron chi connectivity index (χ1n) is 9.60. The van der Waals surface area contributed by atoms with Crippen LogP contribution in [-0.4, -0.2) is 30.3 Å². The Bertz CT molecular complexity index is 839. The summed E-state index contributed by atoms with van der Waals surface area (Å²) in [5.74, 6) is -0.312. The van der Waals surface area contributed by atoms with E-state index in [1.54, 1.807) is 24.3 Å². The molecule has 0 unspecified atom stereocenters. The predicted molar refractivity (Wildman–Crippen MR) is 106 cm³/mol. The van der Waals surface area contributed by atoms with Crippen LogP contribution in [0, 0.1) is 5.41 Å². The second-order valence-corrected chi connectivity index (χ2v) is 8.47. The number of rotatable bonds is 5. The van der Waals surface area contributed by atoms with Gasteiger partial charge in [0.15, 0.2) is 0 Å². The van der Waals surface area contributed by atoms with Gasteiger partial charge in [0.1, 0.15) is 11.4 Å². The predicted octanol–water partition coefficient (Wildman–Crippen LogP) is 4.32. The number of hydrogen-bond donors (Lipinski definition) is 0. The lowest BCUT2D eigenvalue weighted by atomic mass is 9.64. The Labute approximate surface area is 166 Å². The minimum atomic E-state index is -0.421. The van der Waals surface area contributed by atoms with Crippen LogP contribution < -0.4 is 0 Å². The van der Waals surface area contributed by atoms with Crippen molar-refractivity contribution in [3.8, 4) is 0 Å². The molecule has 2 fully saturated rings. The summed E-state index contributed by atoms with van der Waals surface area (Å²) >= 11 is 0. The van der Waals surface area contributed by atoms with E-state index in [4.69, 9.17) is 9.47 Å². The Balaban J connectivity index is 1.74. The maximum atomic E-state index is 12.2. The molecule has 0 aromatic carbocycles. The topological polar surface area (TPSA) is 65.1 Å². The third-order valence-electron chi connectivity index (χ3n) is 6.00. The molecule has 0 radical (unpaired) electrons. The first-order valence-corrected chi connectivity index (χ1v) is 9.60. The highest BCUT2D eigenvalue weighted by Crippen LogP contribution is 2.66. The summed E-state index contributed by atoms with van der Waals surface area (Å²) in [6, 6.07) is 0. The van der Waals surface area contributed by atoms with Gasteiger partial charge in [0.05, 0.1) is 18.3 Å². The standard InChI is InChI=1S/C23H28O5/c1-16(8-6-9-19(24)26-5)14-18-15-17(20(25)27-18)10-13-23-21(2,3)11-7-12-22(23,4)28-23/h6,8-10,13-15H,7,11-12H2,1-5H3/b9-6+,13-10+,16-8+,18-14-/t22-,23+/m1/s1. The van der Waals surface area contributed by atoms with Crippen LogP contribution in [0.2, 0.25) is 0 Å². The lowest BCUT2D eigenvalue weighted by molar-refractivity contribution is -0.135. The van der Waals surface area contributed by atoms with Gasteiger partial charge >= 0.3 is 11.9 Å². The number of ether oxygens (including phenoxy) is 3. The summed E-state index contributed by atoms with van der Waals surface area (Å²) < 4.78 is 16.1. The number of hydrogen-bond acceptors (Lipinski definition) is 5. The molecule has 0 aromatic heterocycles. The molecule has 150 valence electrons. The Hall–Kier alpha value is -2.40. The lowest BCUT2D eigenvalue weighted by Crippen LogP contribution is -2.41. The first kappa shape index (κ1) is 20.3. The van der Waals surface area contributed by atoms with Gasteiger partial charge in [-0.25, -0.2) is 9.59 Å². The third-order valence-corrected chi connectivity index (χ3v) is 6.00. The summed E-state index contributed by atoms with van der Waals surface area (Å²) in [5, 5.41) is 0. The Morgan fingerprint density at radius 1 is 1.25 bits per heavy atom.